The molecule has 1 unspecified atom stereocenters. The number of benzene rings is 1. The number of nitrogens with one attached hydrogen (secondary N) is 1. The Kier molecular flexibility index (Phi) is 4.93. The zero-order valence-electron chi connectivity index (χ0n) is 14.3. The van der Waals surface area contributed by atoms with Crippen LogP contribution in [0.1, 0.15) is 19.4 Å². The molecule has 128 valence electrons. The number of carbonyl (C=O) groups excluding carboxylic acids is 2. The Hall–Kier alpha value is -2.95. The Balaban J connectivity index is 1.69. The molecule has 0 saturated heterocycles. The van der Waals surface area contributed by atoms with E-state index in [1.165, 1.54) is 0 Å². The molecule has 1 aliphatic carbocycles. The molecule has 0 aromatic heterocycles. The monoisotopic (exact) mass is 336 g/mol. The van der Waals surface area contributed by atoms with E-state index in [1.54, 1.807) is 12.2 Å². The third kappa shape index (κ3) is 4.12. The predicted octanol–water partition coefficient (Wildman–Crippen LogP) is 2.74. The summed E-state index contributed by atoms with van der Waals surface area (Å²) in [4.78, 5) is 27.9. The molecule has 1 heterocycles. The van der Waals surface area contributed by atoms with E-state index < -0.39 is 0 Å². The summed E-state index contributed by atoms with van der Waals surface area (Å²) < 4.78 is 5.39. The molecule has 2 aliphatic rings. The van der Waals surface area contributed by atoms with Gasteiger partial charge in [0.25, 0.3) is 5.91 Å². The Bertz CT molecular complexity index is 814. The highest BCUT2D eigenvalue weighted by Gasteiger charge is 2.23. The molecule has 0 fully saturated rings. The Morgan fingerprint density at radius 2 is 2.00 bits per heavy atom. The molecule has 5 nitrogen and oxygen atoms in total. The molecule has 1 aromatic carbocycles. The van der Waals surface area contributed by atoms with Gasteiger partial charge in [0, 0.05) is 17.7 Å². The van der Waals surface area contributed by atoms with Gasteiger partial charge in [0.2, 0.25) is 5.91 Å². The molecule has 0 radical (unpaired) electrons. The van der Waals surface area contributed by atoms with E-state index in [2.05, 4.69) is 10.3 Å². The van der Waals surface area contributed by atoms with E-state index in [0.717, 1.165) is 22.6 Å². The largest absolute Gasteiger partial charge is 0.494 e. The minimum atomic E-state index is -0.228. The summed E-state index contributed by atoms with van der Waals surface area (Å²) in [5.41, 5.74) is 3.18. The van der Waals surface area contributed by atoms with Gasteiger partial charge in [0.05, 0.1) is 18.7 Å². The van der Waals surface area contributed by atoms with Gasteiger partial charge in [0.1, 0.15) is 5.75 Å². The average Bonchev–Trinajstić information content (AvgIpc) is 2.56. The van der Waals surface area contributed by atoms with Crippen LogP contribution in [-0.4, -0.2) is 24.1 Å². The van der Waals surface area contributed by atoms with Gasteiger partial charge in [-0.05, 0) is 43.7 Å². The molecule has 3 rings (SSSR count). The van der Waals surface area contributed by atoms with Gasteiger partial charge in [-0.15, -0.1) is 0 Å². The highest BCUT2D eigenvalue weighted by molar-refractivity contribution is 6.11. The summed E-state index contributed by atoms with van der Waals surface area (Å²) in [7, 11) is 0. The first kappa shape index (κ1) is 16.9. The molecule has 1 atom stereocenters. The van der Waals surface area contributed by atoms with Crippen molar-refractivity contribution in [3.05, 3.63) is 65.4 Å². The average molecular weight is 336 g/mol. The SMILES string of the molecule is CCOc1ccc(CC(=O)N=C2C=CC3C(C)=CC(=O)NC3=C2)cc1. The van der Waals surface area contributed by atoms with Crippen molar-refractivity contribution in [2.24, 2.45) is 10.9 Å². The Labute approximate surface area is 146 Å². The van der Waals surface area contributed by atoms with Crippen LogP contribution in [0.15, 0.2) is 64.8 Å². The third-order valence-electron chi connectivity index (χ3n) is 4.06. The summed E-state index contributed by atoms with van der Waals surface area (Å²) in [5.74, 6) is 0.467. The fourth-order valence-electron chi connectivity index (χ4n) is 2.88. The number of nitrogens with zero attached hydrogens (tertiary/aromatic N) is 1. The van der Waals surface area contributed by atoms with Gasteiger partial charge >= 0.3 is 0 Å². The molecular weight excluding hydrogens is 316 g/mol. The highest BCUT2D eigenvalue weighted by Crippen LogP contribution is 2.26. The van der Waals surface area contributed by atoms with Crippen LogP contribution in [0.3, 0.4) is 0 Å². The van der Waals surface area contributed by atoms with Gasteiger partial charge in [-0.1, -0.05) is 23.8 Å². The van der Waals surface area contributed by atoms with Crippen LogP contribution in [0.4, 0.5) is 0 Å². The van der Waals surface area contributed by atoms with E-state index in [4.69, 9.17) is 4.74 Å². The molecule has 2 amide bonds. The number of fused-ring (bicyclic) bond motifs is 1. The van der Waals surface area contributed by atoms with Crippen LogP contribution in [0.2, 0.25) is 0 Å². The quantitative estimate of drug-likeness (QED) is 0.919. The van der Waals surface area contributed by atoms with Gasteiger partial charge in [-0.3, -0.25) is 9.59 Å². The molecule has 1 aliphatic heterocycles. The zero-order chi connectivity index (χ0) is 17.8. The predicted molar refractivity (Wildman–Crippen MR) is 96.4 cm³/mol. The van der Waals surface area contributed by atoms with Crippen molar-refractivity contribution in [1.82, 2.24) is 5.32 Å². The molecule has 0 spiro atoms. The lowest BCUT2D eigenvalue weighted by Gasteiger charge is -2.25. The second-order valence-corrected chi connectivity index (χ2v) is 6.00. The van der Waals surface area contributed by atoms with Gasteiger partial charge in [0.15, 0.2) is 0 Å². The maximum atomic E-state index is 12.2. The van der Waals surface area contributed by atoms with Crippen LogP contribution in [0.25, 0.3) is 0 Å². The molecule has 0 saturated carbocycles. The lowest BCUT2D eigenvalue weighted by Crippen LogP contribution is -2.32. The van der Waals surface area contributed by atoms with Crippen molar-refractivity contribution in [3.8, 4) is 5.75 Å². The number of hydrogen-bond acceptors (Lipinski definition) is 3. The maximum absolute atomic E-state index is 12.2. The first-order valence-electron chi connectivity index (χ1n) is 8.27. The first-order valence-corrected chi connectivity index (χ1v) is 8.27. The van der Waals surface area contributed by atoms with E-state index in [1.807, 2.05) is 50.3 Å². The molecule has 25 heavy (non-hydrogen) atoms. The summed E-state index contributed by atoms with van der Waals surface area (Å²) in [5, 5.41) is 2.81. The fraction of sp³-hybridized carbons (Fsp3) is 0.250. The standard InChI is InChI=1S/C20H20N2O3/c1-3-25-16-7-4-14(5-8-16)11-20(24)21-15-6-9-17-13(2)10-19(23)22-18(17)12-15/h4-10,12,17H,3,11H2,1-2H3,(H,22,23). The lowest BCUT2D eigenvalue weighted by atomic mass is 9.89. The van der Waals surface area contributed by atoms with Crippen LogP contribution < -0.4 is 10.1 Å². The van der Waals surface area contributed by atoms with Crippen molar-refractivity contribution in [2.45, 2.75) is 20.3 Å². The molecular formula is C20H20N2O3. The molecule has 0 bridgehead atoms. The maximum Gasteiger partial charge on any atom is 0.250 e. The summed E-state index contributed by atoms with van der Waals surface area (Å²) >= 11 is 0. The number of carbonyl (C=O) groups is 2. The van der Waals surface area contributed by atoms with Crippen molar-refractivity contribution in [2.75, 3.05) is 6.61 Å². The Morgan fingerprint density at radius 1 is 1.24 bits per heavy atom. The molecule has 5 heteroatoms. The van der Waals surface area contributed by atoms with Crippen LogP contribution in [-0.2, 0) is 16.0 Å². The van der Waals surface area contributed by atoms with Gasteiger partial charge < -0.3 is 10.1 Å². The number of aliphatic imine (C=N–C) groups is 1. The van der Waals surface area contributed by atoms with Gasteiger partial charge in [-0.2, -0.15) is 0 Å². The van der Waals surface area contributed by atoms with Crippen LogP contribution in [0, 0.1) is 5.92 Å². The minimum absolute atomic E-state index is 0.0536. The van der Waals surface area contributed by atoms with Gasteiger partial charge in [-0.25, -0.2) is 4.99 Å². The minimum Gasteiger partial charge on any atom is -0.494 e. The van der Waals surface area contributed by atoms with E-state index in [9.17, 15) is 9.59 Å². The summed E-state index contributed by atoms with van der Waals surface area (Å²) in [6, 6.07) is 7.42. The number of rotatable bonds is 4. The second kappa shape index (κ2) is 7.30. The van der Waals surface area contributed by atoms with Crippen molar-refractivity contribution < 1.29 is 14.3 Å². The number of allylic oxidation sites excluding steroid dienone is 3. The third-order valence-corrected chi connectivity index (χ3v) is 4.06. The smallest absolute Gasteiger partial charge is 0.250 e. The van der Waals surface area contributed by atoms with E-state index >= 15 is 0 Å². The lowest BCUT2D eigenvalue weighted by molar-refractivity contribution is -0.117. The summed E-state index contributed by atoms with van der Waals surface area (Å²) in [6.07, 6.45) is 7.34. The van der Waals surface area contributed by atoms with E-state index in [0.29, 0.717) is 12.3 Å². The number of amides is 2. The highest BCUT2D eigenvalue weighted by atomic mass is 16.5. The zero-order valence-corrected chi connectivity index (χ0v) is 14.3. The summed E-state index contributed by atoms with van der Waals surface area (Å²) in [6.45, 7) is 4.45. The van der Waals surface area contributed by atoms with Crippen LogP contribution >= 0.6 is 0 Å². The molecule has 1 N–H and O–H groups in total. The number of hydrogen-bond donors (Lipinski definition) is 1. The number of ether oxygens (including phenoxy) is 1. The van der Waals surface area contributed by atoms with E-state index in [-0.39, 0.29) is 24.2 Å². The topological polar surface area (TPSA) is 67.8 Å². The van der Waals surface area contributed by atoms with Crippen molar-refractivity contribution in [1.29, 1.82) is 0 Å². The van der Waals surface area contributed by atoms with Crippen LogP contribution in [0.5, 0.6) is 5.75 Å². The second-order valence-electron chi connectivity index (χ2n) is 6.00. The first-order chi connectivity index (χ1) is 12.0. The Morgan fingerprint density at radius 3 is 2.72 bits per heavy atom. The van der Waals surface area contributed by atoms with Crippen molar-refractivity contribution >= 4 is 17.5 Å². The molecule has 1 aromatic rings. The normalized spacial score (nSPS) is 20.5. The van der Waals surface area contributed by atoms with Crippen molar-refractivity contribution in [3.63, 3.8) is 0 Å². The fourth-order valence-corrected chi connectivity index (χ4v) is 2.88.